The molecule has 1 aromatic carbocycles. The number of pyridine rings is 1. The van der Waals surface area contributed by atoms with Gasteiger partial charge in [-0.25, -0.2) is 9.97 Å². The molecule has 3 heterocycles. The second-order valence-corrected chi connectivity index (χ2v) is 5.23. The van der Waals surface area contributed by atoms with E-state index in [1.165, 1.54) is 11.1 Å². The Labute approximate surface area is 123 Å². The lowest BCUT2D eigenvalue weighted by Crippen LogP contribution is -1.99. The van der Waals surface area contributed by atoms with Crippen molar-refractivity contribution >= 4 is 0 Å². The van der Waals surface area contributed by atoms with Crippen LogP contribution in [-0.4, -0.2) is 14.5 Å². The first kappa shape index (κ1) is 12.3. The molecule has 0 atom stereocenters. The highest BCUT2D eigenvalue weighted by atomic mass is 16.5. The predicted molar refractivity (Wildman–Crippen MR) is 80.0 cm³/mol. The quantitative estimate of drug-likeness (QED) is 0.721. The Morgan fingerprint density at radius 2 is 2.00 bits per heavy atom. The minimum Gasteiger partial charge on any atom is -0.372 e. The largest absolute Gasteiger partial charge is 0.372 e. The van der Waals surface area contributed by atoms with Crippen LogP contribution in [0.4, 0.5) is 0 Å². The molecule has 0 aliphatic carbocycles. The van der Waals surface area contributed by atoms with Gasteiger partial charge in [0.1, 0.15) is 5.69 Å². The molecule has 0 N–H and O–H groups in total. The third-order valence-corrected chi connectivity index (χ3v) is 3.74. The Morgan fingerprint density at radius 3 is 2.90 bits per heavy atom. The fourth-order valence-corrected chi connectivity index (χ4v) is 2.68. The lowest BCUT2D eigenvalue weighted by molar-refractivity contribution is 0.134. The standard InChI is InChI=1S/C17H15N3O/c1-12-3-2-4-16(19-12)17-18-7-8-20(17)15-6-5-13-10-21-11-14(13)9-15/h2-9H,10-11H2,1H3. The molecule has 0 saturated heterocycles. The van der Waals surface area contributed by atoms with E-state index in [1.807, 2.05) is 37.5 Å². The van der Waals surface area contributed by atoms with Gasteiger partial charge in [-0.3, -0.25) is 4.57 Å². The van der Waals surface area contributed by atoms with Gasteiger partial charge in [0.05, 0.1) is 13.2 Å². The third-order valence-electron chi connectivity index (χ3n) is 3.74. The van der Waals surface area contributed by atoms with Crippen LogP contribution in [0.5, 0.6) is 0 Å². The second-order valence-electron chi connectivity index (χ2n) is 5.23. The molecule has 4 rings (SSSR count). The Hall–Kier alpha value is -2.46. The van der Waals surface area contributed by atoms with E-state index in [9.17, 15) is 0 Å². The number of hydrogen-bond acceptors (Lipinski definition) is 3. The van der Waals surface area contributed by atoms with Crippen molar-refractivity contribution < 1.29 is 4.74 Å². The molecule has 2 aromatic heterocycles. The molecule has 104 valence electrons. The average molecular weight is 277 g/mol. The van der Waals surface area contributed by atoms with Gasteiger partial charge < -0.3 is 4.74 Å². The number of imidazole rings is 1. The normalized spacial score (nSPS) is 13.4. The number of benzene rings is 1. The monoisotopic (exact) mass is 277 g/mol. The highest BCUT2D eigenvalue weighted by Crippen LogP contribution is 2.25. The lowest BCUT2D eigenvalue weighted by Gasteiger charge is -2.09. The van der Waals surface area contributed by atoms with Crippen molar-refractivity contribution in [3.8, 4) is 17.2 Å². The smallest absolute Gasteiger partial charge is 0.163 e. The lowest BCUT2D eigenvalue weighted by atomic mass is 10.1. The second kappa shape index (κ2) is 4.82. The zero-order valence-electron chi connectivity index (χ0n) is 11.8. The van der Waals surface area contributed by atoms with E-state index in [-0.39, 0.29) is 0 Å². The number of aryl methyl sites for hydroxylation is 1. The fourth-order valence-electron chi connectivity index (χ4n) is 2.68. The molecule has 0 unspecified atom stereocenters. The number of fused-ring (bicyclic) bond motifs is 1. The molecule has 0 spiro atoms. The Kier molecular flexibility index (Phi) is 2.82. The topological polar surface area (TPSA) is 39.9 Å². The first-order valence-corrected chi connectivity index (χ1v) is 6.98. The van der Waals surface area contributed by atoms with Gasteiger partial charge in [-0.15, -0.1) is 0 Å². The highest BCUT2D eigenvalue weighted by molar-refractivity contribution is 5.55. The summed E-state index contributed by atoms with van der Waals surface area (Å²) in [6, 6.07) is 12.4. The molecule has 0 bridgehead atoms. The fraction of sp³-hybridized carbons (Fsp3) is 0.176. The van der Waals surface area contributed by atoms with Crippen molar-refractivity contribution in [2.45, 2.75) is 20.1 Å². The van der Waals surface area contributed by atoms with Gasteiger partial charge >= 0.3 is 0 Å². The maximum atomic E-state index is 5.48. The molecular formula is C17H15N3O. The van der Waals surface area contributed by atoms with Crippen molar-refractivity contribution in [3.63, 3.8) is 0 Å². The van der Waals surface area contributed by atoms with Crippen LogP contribution in [0.25, 0.3) is 17.2 Å². The minimum absolute atomic E-state index is 0.690. The summed E-state index contributed by atoms with van der Waals surface area (Å²) in [7, 11) is 0. The van der Waals surface area contributed by atoms with Gasteiger partial charge in [-0.05, 0) is 42.3 Å². The molecule has 0 saturated carbocycles. The first-order chi connectivity index (χ1) is 10.3. The molecule has 0 amide bonds. The van der Waals surface area contributed by atoms with E-state index in [0.29, 0.717) is 13.2 Å². The van der Waals surface area contributed by atoms with Crippen LogP contribution in [0.3, 0.4) is 0 Å². The third kappa shape index (κ3) is 2.14. The number of nitrogens with zero attached hydrogens (tertiary/aromatic N) is 3. The van der Waals surface area contributed by atoms with Gasteiger partial charge in [0, 0.05) is 23.8 Å². The molecule has 0 fully saturated rings. The van der Waals surface area contributed by atoms with Crippen LogP contribution in [0, 0.1) is 6.92 Å². The summed E-state index contributed by atoms with van der Waals surface area (Å²) in [5.41, 5.74) is 5.50. The van der Waals surface area contributed by atoms with Crippen molar-refractivity contribution in [1.82, 2.24) is 14.5 Å². The van der Waals surface area contributed by atoms with Crippen LogP contribution in [-0.2, 0) is 18.0 Å². The molecule has 1 aliphatic rings. The molecule has 0 radical (unpaired) electrons. The van der Waals surface area contributed by atoms with Gasteiger partial charge in [0.2, 0.25) is 0 Å². The number of aromatic nitrogens is 3. The number of rotatable bonds is 2. The summed E-state index contributed by atoms with van der Waals surface area (Å²) in [5, 5.41) is 0. The van der Waals surface area contributed by atoms with Gasteiger partial charge in [-0.1, -0.05) is 12.1 Å². The van der Waals surface area contributed by atoms with Crippen molar-refractivity contribution in [1.29, 1.82) is 0 Å². The van der Waals surface area contributed by atoms with Crippen LogP contribution < -0.4 is 0 Å². The van der Waals surface area contributed by atoms with Gasteiger partial charge in [-0.2, -0.15) is 0 Å². The zero-order chi connectivity index (χ0) is 14.2. The predicted octanol–water partition coefficient (Wildman–Crippen LogP) is 3.27. The molecule has 4 heteroatoms. The summed E-state index contributed by atoms with van der Waals surface area (Å²) in [4.78, 5) is 9.03. The maximum absolute atomic E-state index is 5.48. The highest BCUT2D eigenvalue weighted by Gasteiger charge is 2.14. The Morgan fingerprint density at radius 1 is 1.10 bits per heavy atom. The van der Waals surface area contributed by atoms with Gasteiger partial charge in [0.15, 0.2) is 5.82 Å². The summed E-state index contributed by atoms with van der Waals surface area (Å²) in [6.07, 6.45) is 3.78. The maximum Gasteiger partial charge on any atom is 0.163 e. The summed E-state index contributed by atoms with van der Waals surface area (Å²) < 4.78 is 7.55. The number of ether oxygens (including phenoxy) is 1. The van der Waals surface area contributed by atoms with E-state index in [4.69, 9.17) is 4.74 Å². The summed E-state index contributed by atoms with van der Waals surface area (Å²) in [6.45, 7) is 3.39. The molecule has 1 aliphatic heterocycles. The van der Waals surface area contributed by atoms with E-state index < -0.39 is 0 Å². The summed E-state index contributed by atoms with van der Waals surface area (Å²) >= 11 is 0. The van der Waals surface area contributed by atoms with Crippen LogP contribution in [0.1, 0.15) is 16.8 Å². The van der Waals surface area contributed by atoms with Crippen molar-refractivity contribution in [3.05, 3.63) is 65.6 Å². The van der Waals surface area contributed by atoms with E-state index in [0.717, 1.165) is 22.9 Å². The molecular weight excluding hydrogens is 262 g/mol. The first-order valence-electron chi connectivity index (χ1n) is 6.98. The number of hydrogen-bond donors (Lipinski definition) is 0. The summed E-state index contributed by atoms with van der Waals surface area (Å²) in [5.74, 6) is 0.859. The zero-order valence-corrected chi connectivity index (χ0v) is 11.8. The van der Waals surface area contributed by atoms with Gasteiger partial charge in [0.25, 0.3) is 0 Å². The molecule has 3 aromatic rings. The SMILES string of the molecule is Cc1cccc(-c2nccn2-c2ccc3c(c2)COC3)n1. The van der Waals surface area contributed by atoms with E-state index in [1.54, 1.807) is 0 Å². The molecule has 21 heavy (non-hydrogen) atoms. The minimum atomic E-state index is 0.690. The Balaban J connectivity index is 1.82. The van der Waals surface area contributed by atoms with Crippen LogP contribution in [0.15, 0.2) is 48.8 Å². The van der Waals surface area contributed by atoms with Crippen LogP contribution >= 0.6 is 0 Å². The Bertz CT molecular complexity index is 807. The van der Waals surface area contributed by atoms with Crippen LogP contribution in [0.2, 0.25) is 0 Å². The van der Waals surface area contributed by atoms with Crippen molar-refractivity contribution in [2.24, 2.45) is 0 Å². The van der Waals surface area contributed by atoms with E-state index in [2.05, 4.69) is 32.7 Å². The van der Waals surface area contributed by atoms with Crippen molar-refractivity contribution in [2.75, 3.05) is 0 Å². The molecule has 4 nitrogen and oxygen atoms in total. The van der Waals surface area contributed by atoms with E-state index >= 15 is 0 Å². The average Bonchev–Trinajstić information content (AvgIpc) is 3.15.